The summed E-state index contributed by atoms with van der Waals surface area (Å²) in [4.78, 5) is 2.27. The largest absolute Gasteiger partial charge is 0.492 e. The molecule has 1 aliphatic heterocycles. The van der Waals surface area contributed by atoms with Crippen molar-refractivity contribution in [3.63, 3.8) is 0 Å². The van der Waals surface area contributed by atoms with E-state index in [0.29, 0.717) is 24.5 Å². The van der Waals surface area contributed by atoms with Crippen molar-refractivity contribution >= 4 is 0 Å². The summed E-state index contributed by atoms with van der Waals surface area (Å²) in [6, 6.07) is 9.38. The van der Waals surface area contributed by atoms with Crippen molar-refractivity contribution in [2.75, 3.05) is 39.5 Å². The second-order valence-electron chi connectivity index (χ2n) is 4.79. The van der Waals surface area contributed by atoms with E-state index in [9.17, 15) is 0 Å². The summed E-state index contributed by atoms with van der Waals surface area (Å²) in [5.41, 5.74) is 0.569. The standard InChI is InChI=1S/C15H20N2O3/c16-10-13-4-1-2-5-15(13)20-8-3-6-17-7-9-19-14(11-17)12-18/h1-2,4-5,14,18H,3,6-9,11-12H2. The van der Waals surface area contributed by atoms with Crippen LogP contribution in [0.4, 0.5) is 0 Å². The Hall–Kier alpha value is -1.61. The van der Waals surface area contributed by atoms with Crippen LogP contribution in [0.1, 0.15) is 12.0 Å². The van der Waals surface area contributed by atoms with E-state index in [1.165, 1.54) is 0 Å². The van der Waals surface area contributed by atoms with Crippen molar-refractivity contribution in [3.8, 4) is 11.8 Å². The van der Waals surface area contributed by atoms with Crippen LogP contribution >= 0.6 is 0 Å². The molecule has 5 nitrogen and oxygen atoms in total. The molecule has 1 aliphatic rings. The van der Waals surface area contributed by atoms with Crippen molar-refractivity contribution in [2.24, 2.45) is 0 Å². The molecule has 1 saturated heterocycles. The molecule has 1 fully saturated rings. The Morgan fingerprint density at radius 2 is 2.30 bits per heavy atom. The third-order valence-electron chi connectivity index (χ3n) is 3.31. The van der Waals surface area contributed by atoms with E-state index in [-0.39, 0.29) is 12.7 Å². The lowest BCUT2D eigenvalue weighted by Crippen LogP contribution is -2.44. The quantitative estimate of drug-likeness (QED) is 0.786. The zero-order valence-corrected chi connectivity index (χ0v) is 11.5. The monoisotopic (exact) mass is 276 g/mol. The highest BCUT2D eigenvalue weighted by Gasteiger charge is 2.18. The Morgan fingerprint density at radius 3 is 3.10 bits per heavy atom. The van der Waals surface area contributed by atoms with Gasteiger partial charge in [-0.15, -0.1) is 0 Å². The fourth-order valence-corrected chi connectivity index (χ4v) is 2.25. The number of nitrogens with zero attached hydrogens (tertiary/aromatic N) is 2. The first-order valence-electron chi connectivity index (χ1n) is 6.90. The molecule has 1 atom stereocenters. The smallest absolute Gasteiger partial charge is 0.137 e. The predicted octanol–water partition coefficient (Wildman–Crippen LogP) is 1.02. The van der Waals surface area contributed by atoms with Crippen LogP contribution in [0.25, 0.3) is 0 Å². The number of benzene rings is 1. The summed E-state index contributed by atoms with van der Waals surface area (Å²) in [5.74, 6) is 0.644. The number of rotatable bonds is 6. The summed E-state index contributed by atoms with van der Waals surface area (Å²) in [6.07, 6.45) is 0.821. The number of para-hydroxylation sites is 1. The highest BCUT2D eigenvalue weighted by atomic mass is 16.5. The van der Waals surface area contributed by atoms with Crippen LogP contribution in [0, 0.1) is 11.3 Å². The molecule has 0 aliphatic carbocycles. The van der Waals surface area contributed by atoms with Gasteiger partial charge in [0.1, 0.15) is 11.8 Å². The first-order chi connectivity index (χ1) is 9.83. The van der Waals surface area contributed by atoms with Crippen molar-refractivity contribution in [1.29, 1.82) is 5.26 Å². The van der Waals surface area contributed by atoms with Gasteiger partial charge in [-0.2, -0.15) is 5.26 Å². The zero-order valence-electron chi connectivity index (χ0n) is 11.5. The average Bonchev–Trinajstić information content (AvgIpc) is 2.52. The van der Waals surface area contributed by atoms with Gasteiger partial charge < -0.3 is 14.6 Å². The first-order valence-corrected chi connectivity index (χ1v) is 6.90. The highest BCUT2D eigenvalue weighted by molar-refractivity contribution is 5.42. The number of aliphatic hydroxyl groups is 1. The lowest BCUT2D eigenvalue weighted by molar-refractivity contribution is -0.0533. The van der Waals surface area contributed by atoms with Crippen LogP contribution in [0.15, 0.2) is 24.3 Å². The summed E-state index contributed by atoms with van der Waals surface area (Å²) in [6.45, 7) is 3.90. The maximum Gasteiger partial charge on any atom is 0.137 e. The first kappa shape index (κ1) is 14.8. The molecular weight excluding hydrogens is 256 g/mol. The third kappa shape index (κ3) is 4.20. The van der Waals surface area contributed by atoms with Gasteiger partial charge in [-0.1, -0.05) is 12.1 Å². The van der Waals surface area contributed by atoms with Gasteiger partial charge in [0.15, 0.2) is 0 Å². The third-order valence-corrected chi connectivity index (χ3v) is 3.31. The van der Waals surface area contributed by atoms with E-state index in [1.54, 1.807) is 6.07 Å². The highest BCUT2D eigenvalue weighted by Crippen LogP contribution is 2.16. The zero-order chi connectivity index (χ0) is 14.2. The Labute approximate surface area is 119 Å². The minimum atomic E-state index is -0.0658. The number of hydrogen-bond acceptors (Lipinski definition) is 5. The van der Waals surface area contributed by atoms with E-state index in [2.05, 4.69) is 11.0 Å². The predicted molar refractivity (Wildman–Crippen MR) is 74.5 cm³/mol. The molecule has 1 aromatic rings. The molecule has 1 N–H and O–H groups in total. The number of ether oxygens (including phenoxy) is 2. The normalized spacial score (nSPS) is 19.5. The van der Waals surface area contributed by atoms with E-state index in [0.717, 1.165) is 26.1 Å². The number of morpholine rings is 1. The van der Waals surface area contributed by atoms with E-state index < -0.39 is 0 Å². The number of hydrogen-bond donors (Lipinski definition) is 1. The molecule has 108 valence electrons. The Balaban J connectivity index is 1.70. The second-order valence-corrected chi connectivity index (χ2v) is 4.79. The molecule has 0 aromatic heterocycles. The van der Waals surface area contributed by atoms with Crippen LogP contribution in [-0.2, 0) is 4.74 Å². The van der Waals surface area contributed by atoms with Crippen molar-refractivity contribution in [3.05, 3.63) is 29.8 Å². The molecule has 5 heteroatoms. The SMILES string of the molecule is N#Cc1ccccc1OCCCN1CCOC(CO)C1. The van der Waals surface area contributed by atoms with Crippen LogP contribution in [0.5, 0.6) is 5.75 Å². The minimum Gasteiger partial charge on any atom is -0.492 e. The molecule has 2 rings (SSSR count). The molecule has 1 unspecified atom stereocenters. The lowest BCUT2D eigenvalue weighted by atomic mass is 10.2. The molecule has 0 amide bonds. The van der Waals surface area contributed by atoms with Gasteiger partial charge in [-0.05, 0) is 18.6 Å². The summed E-state index contributed by atoms with van der Waals surface area (Å²) in [5, 5.41) is 18.0. The average molecular weight is 276 g/mol. The van der Waals surface area contributed by atoms with Crippen molar-refractivity contribution < 1.29 is 14.6 Å². The minimum absolute atomic E-state index is 0.0658. The van der Waals surface area contributed by atoms with Crippen LogP contribution in [-0.4, -0.2) is 55.6 Å². The Kier molecular flexibility index (Phi) is 5.81. The Bertz CT molecular complexity index is 459. The lowest BCUT2D eigenvalue weighted by Gasteiger charge is -2.31. The fraction of sp³-hybridized carbons (Fsp3) is 0.533. The summed E-state index contributed by atoms with van der Waals surface area (Å²) in [7, 11) is 0. The van der Waals surface area contributed by atoms with Gasteiger partial charge in [0.2, 0.25) is 0 Å². The molecule has 0 saturated carbocycles. The van der Waals surface area contributed by atoms with Crippen molar-refractivity contribution in [1.82, 2.24) is 4.90 Å². The summed E-state index contributed by atoms with van der Waals surface area (Å²) >= 11 is 0. The maximum absolute atomic E-state index is 9.08. The second kappa shape index (κ2) is 7.85. The molecule has 20 heavy (non-hydrogen) atoms. The van der Waals surface area contributed by atoms with E-state index >= 15 is 0 Å². The number of nitriles is 1. The maximum atomic E-state index is 9.08. The van der Waals surface area contributed by atoms with Gasteiger partial charge in [-0.25, -0.2) is 0 Å². The van der Waals surface area contributed by atoms with Gasteiger partial charge in [0.05, 0.1) is 31.5 Å². The van der Waals surface area contributed by atoms with Crippen LogP contribution in [0.3, 0.4) is 0 Å². The fourth-order valence-electron chi connectivity index (χ4n) is 2.25. The van der Waals surface area contributed by atoms with Crippen LogP contribution in [0.2, 0.25) is 0 Å². The molecule has 1 heterocycles. The van der Waals surface area contributed by atoms with Gasteiger partial charge in [0, 0.05) is 19.6 Å². The molecule has 1 aromatic carbocycles. The Morgan fingerprint density at radius 1 is 1.45 bits per heavy atom. The van der Waals surface area contributed by atoms with E-state index in [1.807, 2.05) is 18.2 Å². The summed E-state index contributed by atoms with van der Waals surface area (Å²) < 4.78 is 11.0. The molecular formula is C15H20N2O3. The molecule has 0 radical (unpaired) electrons. The molecule has 0 bridgehead atoms. The van der Waals surface area contributed by atoms with Gasteiger partial charge in [0.25, 0.3) is 0 Å². The van der Waals surface area contributed by atoms with E-state index in [4.69, 9.17) is 19.8 Å². The number of aliphatic hydroxyl groups excluding tert-OH is 1. The van der Waals surface area contributed by atoms with Crippen LogP contribution < -0.4 is 4.74 Å². The van der Waals surface area contributed by atoms with Crippen molar-refractivity contribution in [2.45, 2.75) is 12.5 Å². The van der Waals surface area contributed by atoms with Gasteiger partial charge >= 0.3 is 0 Å². The van der Waals surface area contributed by atoms with Gasteiger partial charge in [-0.3, -0.25) is 4.90 Å². The molecule has 0 spiro atoms. The topological polar surface area (TPSA) is 65.7 Å².